The van der Waals surface area contributed by atoms with E-state index >= 15 is 0 Å². The lowest BCUT2D eigenvalue weighted by Crippen LogP contribution is -2.18. The Bertz CT molecular complexity index is 291. The minimum absolute atomic E-state index is 0.0227. The molecule has 0 aliphatic carbocycles. The van der Waals surface area contributed by atoms with Gasteiger partial charge in [-0.25, -0.2) is 0 Å². The van der Waals surface area contributed by atoms with E-state index in [0.717, 1.165) is 0 Å². The van der Waals surface area contributed by atoms with E-state index in [9.17, 15) is 0 Å². The van der Waals surface area contributed by atoms with E-state index in [1.165, 1.54) is 7.11 Å². The maximum Gasteiger partial charge on any atom is 0.159 e. The van der Waals surface area contributed by atoms with Gasteiger partial charge in [0.2, 0.25) is 0 Å². The van der Waals surface area contributed by atoms with Crippen LogP contribution >= 0.6 is 0 Å². The molecule has 0 fully saturated rings. The molecule has 1 N–H and O–H groups in total. The van der Waals surface area contributed by atoms with Gasteiger partial charge in [-0.2, -0.15) is 0 Å². The highest BCUT2D eigenvalue weighted by Gasteiger charge is 2.03. The number of azide groups is 1. The van der Waals surface area contributed by atoms with Gasteiger partial charge in [-0.3, -0.25) is 0 Å². The zero-order valence-corrected chi connectivity index (χ0v) is 13.6. The number of hydrogen-bond donors (Lipinski definition) is 1. The fourth-order valence-corrected chi connectivity index (χ4v) is 1.33. The molecule has 1 atom stereocenters. The van der Waals surface area contributed by atoms with Crippen LogP contribution in [0.5, 0.6) is 0 Å². The van der Waals surface area contributed by atoms with Gasteiger partial charge in [-0.05, 0) is 5.53 Å². The first kappa shape index (κ1) is 22.0. The molecule has 0 radical (unpaired) electrons. The first-order valence-electron chi connectivity index (χ1n) is 7.41. The number of methoxy groups -OCH3 is 1. The van der Waals surface area contributed by atoms with Gasteiger partial charge in [-0.15, -0.1) is 0 Å². The van der Waals surface area contributed by atoms with Crippen molar-refractivity contribution in [3.8, 4) is 0 Å². The third-order valence-corrected chi connectivity index (χ3v) is 2.44. The summed E-state index contributed by atoms with van der Waals surface area (Å²) in [6.45, 7) is 4.23. The van der Waals surface area contributed by atoms with E-state index in [4.69, 9.17) is 39.1 Å². The molecule has 0 bridgehead atoms. The van der Waals surface area contributed by atoms with Crippen molar-refractivity contribution in [3.63, 3.8) is 0 Å². The molecule has 0 saturated carbocycles. The van der Waals surface area contributed by atoms with Crippen LogP contribution in [-0.2, 0) is 28.4 Å². The van der Waals surface area contributed by atoms with E-state index in [1.807, 2.05) is 0 Å². The monoisotopic (exact) mass is 337 g/mol. The van der Waals surface area contributed by atoms with Gasteiger partial charge in [0, 0.05) is 12.0 Å². The maximum absolute atomic E-state index is 8.49. The zero-order chi connectivity index (χ0) is 17.0. The van der Waals surface area contributed by atoms with Crippen LogP contribution in [0.3, 0.4) is 0 Å². The van der Waals surface area contributed by atoms with E-state index in [0.29, 0.717) is 59.5 Å². The van der Waals surface area contributed by atoms with Gasteiger partial charge < -0.3 is 33.5 Å². The smallest absolute Gasteiger partial charge is 0.159 e. The lowest BCUT2D eigenvalue weighted by molar-refractivity contribution is -0.0273. The SMILES string of the molecule is COC(COCCOCCOCCOCCOCCO)N=[N+]=[N-]. The minimum Gasteiger partial charge on any atom is -0.394 e. The van der Waals surface area contributed by atoms with Crippen molar-refractivity contribution in [3.05, 3.63) is 10.4 Å². The molecule has 10 nitrogen and oxygen atoms in total. The van der Waals surface area contributed by atoms with Gasteiger partial charge in [0.15, 0.2) is 6.23 Å². The van der Waals surface area contributed by atoms with Crippen molar-refractivity contribution >= 4 is 0 Å². The molecule has 0 aliphatic heterocycles. The number of rotatable bonds is 18. The Hall–Kier alpha value is -0.970. The van der Waals surface area contributed by atoms with Crippen LogP contribution in [0.4, 0.5) is 0 Å². The topological polar surface area (TPSA) is 124 Å². The summed E-state index contributed by atoms with van der Waals surface area (Å²) in [7, 11) is 1.45. The van der Waals surface area contributed by atoms with Crippen molar-refractivity contribution in [2.24, 2.45) is 5.11 Å². The lowest BCUT2D eigenvalue weighted by Gasteiger charge is -2.10. The van der Waals surface area contributed by atoms with E-state index in [1.54, 1.807) is 0 Å². The second-order valence-corrected chi connectivity index (χ2v) is 4.14. The van der Waals surface area contributed by atoms with Crippen molar-refractivity contribution in [1.29, 1.82) is 0 Å². The molecule has 0 rings (SSSR count). The summed E-state index contributed by atoms with van der Waals surface area (Å²) in [5.74, 6) is 0. The molecule has 136 valence electrons. The fraction of sp³-hybridized carbons (Fsp3) is 1.00. The van der Waals surface area contributed by atoms with Crippen molar-refractivity contribution in [1.82, 2.24) is 0 Å². The number of ether oxygens (including phenoxy) is 6. The molecular formula is C13H27N3O7. The molecule has 0 aromatic carbocycles. The molecule has 0 saturated heterocycles. The zero-order valence-electron chi connectivity index (χ0n) is 13.6. The summed E-state index contributed by atoms with van der Waals surface area (Å²) >= 11 is 0. The molecule has 0 spiro atoms. The maximum atomic E-state index is 8.49. The van der Waals surface area contributed by atoms with Gasteiger partial charge >= 0.3 is 0 Å². The predicted molar refractivity (Wildman–Crippen MR) is 81.1 cm³/mol. The third kappa shape index (κ3) is 17.2. The van der Waals surface area contributed by atoms with Gasteiger partial charge in [-0.1, -0.05) is 5.11 Å². The van der Waals surface area contributed by atoms with Crippen LogP contribution in [0.1, 0.15) is 0 Å². The number of aliphatic hydroxyl groups is 1. The van der Waals surface area contributed by atoms with Crippen molar-refractivity contribution in [2.45, 2.75) is 6.23 Å². The molecule has 23 heavy (non-hydrogen) atoms. The Morgan fingerprint density at radius 3 is 1.65 bits per heavy atom. The van der Waals surface area contributed by atoms with Crippen LogP contribution in [-0.4, -0.2) is 91.1 Å². The average Bonchev–Trinajstić information content (AvgIpc) is 2.57. The predicted octanol–water partition coefficient (Wildman–Crippen LogP) is 0.345. The number of aliphatic hydroxyl groups excluding tert-OH is 1. The first-order valence-corrected chi connectivity index (χ1v) is 7.41. The minimum atomic E-state index is -0.614. The summed E-state index contributed by atoms with van der Waals surface area (Å²) in [5.41, 5.74) is 8.25. The summed E-state index contributed by atoms with van der Waals surface area (Å²) in [6.07, 6.45) is -0.614. The van der Waals surface area contributed by atoms with Crippen LogP contribution < -0.4 is 0 Å². The Morgan fingerprint density at radius 2 is 1.26 bits per heavy atom. The van der Waals surface area contributed by atoms with Gasteiger partial charge in [0.25, 0.3) is 0 Å². The van der Waals surface area contributed by atoms with E-state index in [-0.39, 0.29) is 13.2 Å². The highest BCUT2D eigenvalue weighted by atomic mass is 16.6. The van der Waals surface area contributed by atoms with Gasteiger partial charge in [0.1, 0.15) is 0 Å². The molecular weight excluding hydrogens is 310 g/mol. The molecule has 0 aromatic rings. The van der Waals surface area contributed by atoms with Crippen LogP contribution in [0, 0.1) is 0 Å². The van der Waals surface area contributed by atoms with E-state index in [2.05, 4.69) is 10.0 Å². The Kier molecular flexibility index (Phi) is 18.3. The second kappa shape index (κ2) is 19.1. The molecule has 0 amide bonds. The van der Waals surface area contributed by atoms with Crippen molar-refractivity contribution in [2.75, 3.05) is 79.8 Å². The molecule has 0 aromatic heterocycles. The van der Waals surface area contributed by atoms with Crippen molar-refractivity contribution < 1.29 is 33.5 Å². The molecule has 10 heteroatoms. The van der Waals surface area contributed by atoms with Crippen LogP contribution in [0.2, 0.25) is 0 Å². The lowest BCUT2D eigenvalue weighted by atomic mass is 10.6. The molecule has 0 heterocycles. The Morgan fingerprint density at radius 1 is 0.826 bits per heavy atom. The number of hydrogen-bond acceptors (Lipinski definition) is 8. The average molecular weight is 337 g/mol. The normalized spacial score (nSPS) is 12.1. The number of nitrogens with zero attached hydrogens (tertiary/aromatic N) is 3. The first-order chi connectivity index (χ1) is 11.3. The molecule has 0 aliphatic rings. The fourth-order valence-electron chi connectivity index (χ4n) is 1.33. The highest BCUT2D eigenvalue weighted by molar-refractivity contribution is 4.53. The third-order valence-electron chi connectivity index (χ3n) is 2.44. The Labute approximate surface area is 136 Å². The second-order valence-electron chi connectivity index (χ2n) is 4.14. The largest absolute Gasteiger partial charge is 0.394 e. The van der Waals surface area contributed by atoms with Gasteiger partial charge in [0.05, 0.1) is 72.7 Å². The highest BCUT2D eigenvalue weighted by Crippen LogP contribution is 1.93. The summed E-state index contributed by atoms with van der Waals surface area (Å²) in [5, 5.41) is 11.9. The quantitative estimate of drug-likeness (QED) is 0.165. The standard InChI is InChI=1S/C13H27N3O7/c1-18-13(15-16-14)12-23-11-10-22-9-8-21-7-6-20-5-4-19-3-2-17/h13,17H,2-12H2,1H3. The summed E-state index contributed by atoms with van der Waals surface area (Å²) in [4.78, 5) is 2.64. The van der Waals surface area contributed by atoms with Crippen LogP contribution in [0.15, 0.2) is 5.11 Å². The molecule has 1 unspecified atom stereocenters. The summed E-state index contributed by atoms with van der Waals surface area (Å²) in [6, 6.07) is 0. The summed E-state index contributed by atoms with van der Waals surface area (Å²) < 4.78 is 31.0. The van der Waals surface area contributed by atoms with Crippen LogP contribution in [0.25, 0.3) is 10.4 Å². The van der Waals surface area contributed by atoms with E-state index < -0.39 is 6.23 Å². The Balaban J connectivity index is 3.12.